The van der Waals surface area contributed by atoms with Crippen molar-refractivity contribution in [1.82, 2.24) is 15.1 Å². The molecule has 1 unspecified atom stereocenters. The average molecular weight is 370 g/mol. The quantitative estimate of drug-likeness (QED) is 0.844. The zero-order chi connectivity index (χ0) is 18.8. The molecule has 4 rings (SSSR count). The minimum absolute atomic E-state index is 0.0168. The van der Waals surface area contributed by atoms with Crippen LogP contribution in [0.25, 0.3) is 0 Å². The lowest BCUT2D eigenvalue weighted by atomic mass is 10.1. The zero-order valence-electron chi connectivity index (χ0n) is 15.1. The summed E-state index contributed by atoms with van der Waals surface area (Å²) < 4.78 is 14.5. The molecule has 1 N–H and O–H groups in total. The summed E-state index contributed by atoms with van der Waals surface area (Å²) in [6.45, 7) is 2.38. The first-order chi connectivity index (χ1) is 13.1. The van der Waals surface area contributed by atoms with Crippen LogP contribution in [0.5, 0.6) is 0 Å². The van der Waals surface area contributed by atoms with Gasteiger partial charge in [0.15, 0.2) is 0 Å². The number of anilines is 1. The third-order valence-electron chi connectivity index (χ3n) is 5.29. The Hall–Kier alpha value is -2.70. The normalized spacial score (nSPS) is 19.3. The molecule has 0 spiro atoms. The Morgan fingerprint density at radius 3 is 2.70 bits per heavy atom. The van der Waals surface area contributed by atoms with Crippen molar-refractivity contribution in [1.29, 1.82) is 0 Å². The van der Waals surface area contributed by atoms with Crippen molar-refractivity contribution < 1.29 is 9.18 Å². The molecule has 6 nitrogen and oxygen atoms in total. The Kier molecular flexibility index (Phi) is 4.92. The lowest BCUT2D eigenvalue weighted by molar-refractivity contribution is -0.124. The summed E-state index contributed by atoms with van der Waals surface area (Å²) in [6, 6.07) is 7.72. The lowest BCUT2D eigenvalue weighted by Crippen LogP contribution is -2.33. The number of nitrogens with one attached hydrogen (secondary N) is 1. The lowest BCUT2D eigenvalue weighted by Gasteiger charge is -2.18. The van der Waals surface area contributed by atoms with Gasteiger partial charge in [-0.25, -0.2) is 9.07 Å². The number of carbonyl (C=O) groups excluding carboxylic acids is 1. The van der Waals surface area contributed by atoms with Crippen LogP contribution in [0.15, 0.2) is 41.3 Å². The van der Waals surface area contributed by atoms with Crippen LogP contribution in [-0.2, 0) is 17.9 Å². The van der Waals surface area contributed by atoms with Gasteiger partial charge in [0, 0.05) is 32.2 Å². The maximum Gasteiger partial charge on any atom is 0.268 e. The van der Waals surface area contributed by atoms with Gasteiger partial charge in [0.25, 0.3) is 5.56 Å². The van der Waals surface area contributed by atoms with Gasteiger partial charge >= 0.3 is 0 Å². The smallest absolute Gasteiger partial charge is 0.268 e. The summed E-state index contributed by atoms with van der Waals surface area (Å²) in [7, 11) is 0. The molecule has 142 valence electrons. The molecule has 1 aliphatic heterocycles. The first kappa shape index (κ1) is 17.7. The van der Waals surface area contributed by atoms with Gasteiger partial charge in [-0.2, -0.15) is 5.10 Å². The van der Waals surface area contributed by atoms with Crippen molar-refractivity contribution in [2.45, 2.75) is 32.4 Å². The van der Waals surface area contributed by atoms with Crippen LogP contribution in [0.4, 0.5) is 10.1 Å². The molecule has 1 saturated heterocycles. The minimum Gasteiger partial charge on any atom is -0.369 e. The predicted octanol–water partition coefficient (Wildman–Crippen LogP) is 1.94. The number of rotatable bonds is 6. The Balaban J connectivity index is 1.32. The number of hydrogen-bond donors (Lipinski definition) is 1. The maximum atomic E-state index is 12.9. The summed E-state index contributed by atoms with van der Waals surface area (Å²) in [6.07, 6.45) is 4.82. The Bertz CT molecular complexity index is 876. The van der Waals surface area contributed by atoms with E-state index in [1.54, 1.807) is 24.4 Å². The molecule has 2 fully saturated rings. The standard InChI is InChI=1S/C20H23FN4O2/c21-17-5-3-14(4-6-17)10-22-20(27)16-7-8-24(13-16)18-9-19(26)25(23-11-18)12-15-1-2-15/h3-6,9,11,15-16H,1-2,7-8,10,12-13H2,(H,22,27). The molecule has 7 heteroatoms. The molecule has 1 aromatic heterocycles. The van der Waals surface area contributed by atoms with Gasteiger partial charge in [-0.05, 0) is 42.9 Å². The van der Waals surface area contributed by atoms with Gasteiger partial charge < -0.3 is 10.2 Å². The fourth-order valence-electron chi connectivity index (χ4n) is 3.42. The van der Waals surface area contributed by atoms with E-state index in [2.05, 4.69) is 10.4 Å². The van der Waals surface area contributed by atoms with Gasteiger partial charge in [-0.3, -0.25) is 9.59 Å². The number of benzene rings is 1. The highest BCUT2D eigenvalue weighted by Crippen LogP contribution is 2.30. The molecular weight excluding hydrogens is 347 g/mol. The molecule has 1 saturated carbocycles. The molecule has 1 aliphatic carbocycles. The number of amides is 1. The molecule has 1 amide bonds. The SMILES string of the molecule is O=C(NCc1ccc(F)cc1)C1CCN(c2cnn(CC3CC3)c(=O)c2)C1. The van der Waals surface area contributed by atoms with Crippen molar-refractivity contribution in [3.05, 3.63) is 58.3 Å². The van der Waals surface area contributed by atoms with E-state index in [0.29, 0.717) is 25.6 Å². The van der Waals surface area contributed by atoms with Crippen molar-refractivity contribution in [3.8, 4) is 0 Å². The molecular formula is C20H23FN4O2. The molecule has 2 heterocycles. The predicted molar refractivity (Wildman–Crippen MR) is 99.8 cm³/mol. The van der Waals surface area contributed by atoms with Crippen LogP contribution in [0.1, 0.15) is 24.8 Å². The highest BCUT2D eigenvalue weighted by atomic mass is 19.1. The molecule has 1 atom stereocenters. The number of halogens is 1. The fraction of sp³-hybridized carbons (Fsp3) is 0.450. The van der Waals surface area contributed by atoms with Crippen molar-refractivity contribution in [2.24, 2.45) is 11.8 Å². The van der Waals surface area contributed by atoms with Gasteiger partial charge in [-0.15, -0.1) is 0 Å². The largest absolute Gasteiger partial charge is 0.369 e. The summed E-state index contributed by atoms with van der Waals surface area (Å²) in [5.41, 5.74) is 1.56. The highest BCUT2D eigenvalue weighted by molar-refractivity contribution is 5.80. The topological polar surface area (TPSA) is 67.2 Å². The van der Waals surface area contributed by atoms with Crippen LogP contribution >= 0.6 is 0 Å². The molecule has 27 heavy (non-hydrogen) atoms. The highest BCUT2D eigenvalue weighted by Gasteiger charge is 2.29. The van der Waals surface area contributed by atoms with E-state index in [9.17, 15) is 14.0 Å². The van der Waals surface area contributed by atoms with Crippen molar-refractivity contribution in [2.75, 3.05) is 18.0 Å². The molecule has 0 radical (unpaired) electrons. The first-order valence-corrected chi connectivity index (χ1v) is 9.43. The van der Waals surface area contributed by atoms with E-state index < -0.39 is 0 Å². The van der Waals surface area contributed by atoms with Crippen molar-refractivity contribution in [3.63, 3.8) is 0 Å². The van der Waals surface area contributed by atoms with Crippen LogP contribution in [0.3, 0.4) is 0 Å². The van der Waals surface area contributed by atoms with Crippen LogP contribution in [0, 0.1) is 17.7 Å². The monoisotopic (exact) mass is 370 g/mol. The van der Waals surface area contributed by atoms with Gasteiger partial charge in [0.2, 0.25) is 5.91 Å². The summed E-state index contributed by atoms with van der Waals surface area (Å²) in [5.74, 6) is 0.169. The van der Waals surface area contributed by atoms with Crippen LogP contribution in [0.2, 0.25) is 0 Å². The van der Waals surface area contributed by atoms with E-state index in [0.717, 1.165) is 24.2 Å². The average Bonchev–Trinajstić information content (AvgIpc) is 3.35. The number of hydrogen-bond acceptors (Lipinski definition) is 4. The second kappa shape index (κ2) is 7.50. The second-order valence-electron chi connectivity index (χ2n) is 7.45. The van der Waals surface area contributed by atoms with E-state index in [1.807, 2.05) is 4.90 Å². The van der Waals surface area contributed by atoms with Crippen LogP contribution in [-0.4, -0.2) is 28.8 Å². The summed E-state index contributed by atoms with van der Waals surface area (Å²) >= 11 is 0. The molecule has 2 aromatic rings. The van der Waals surface area contributed by atoms with Crippen molar-refractivity contribution >= 4 is 11.6 Å². The van der Waals surface area contributed by atoms with E-state index in [4.69, 9.17) is 0 Å². The number of nitrogens with zero attached hydrogens (tertiary/aromatic N) is 3. The first-order valence-electron chi connectivity index (χ1n) is 9.43. The van der Waals surface area contributed by atoms with Crippen LogP contribution < -0.4 is 15.8 Å². The Labute approximate surface area is 157 Å². The van der Waals surface area contributed by atoms with E-state index in [1.165, 1.54) is 29.7 Å². The molecule has 2 aliphatic rings. The Morgan fingerprint density at radius 1 is 1.22 bits per heavy atom. The number of carbonyl (C=O) groups is 1. The Morgan fingerprint density at radius 2 is 2.00 bits per heavy atom. The number of aromatic nitrogens is 2. The van der Waals surface area contributed by atoms with Gasteiger partial charge in [0.1, 0.15) is 5.82 Å². The van der Waals surface area contributed by atoms with Gasteiger partial charge in [0.05, 0.1) is 17.8 Å². The maximum absolute atomic E-state index is 12.9. The summed E-state index contributed by atoms with van der Waals surface area (Å²) in [5, 5.41) is 7.20. The fourth-order valence-corrected chi connectivity index (χ4v) is 3.42. The zero-order valence-corrected chi connectivity index (χ0v) is 15.1. The molecule has 0 bridgehead atoms. The van der Waals surface area contributed by atoms with E-state index >= 15 is 0 Å². The second-order valence-corrected chi connectivity index (χ2v) is 7.45. The van der Waals surface area contributed by atoms with Gasteiger partial charge in [-0.1, -0.05) is 12.1 Å². The van der Waals surface area contributed by atoms with E-state index in [-0.39, 0.29) is 23.2 Å². The third kappa shape index (κ3) is 4.35. The minimum atomic E-state index is -0.288. The summed E-state index contributed by atoms with van der Waals surface area (Å²) in [4.78, 5) is 26.7. The third-order valence-corrected chi connectivity index (χ3v) is 5.29. The molecule has 1 aromatic carbocycles.